The van der Waals surface area contributed by atoms with E-state index in [-0.39, 0.29) is 11.3 Å². The van der Waals surface area contributed by atoms with Gasteiger partial charge in [0, 0.05) is 23.5 Å². The van der Waals surface area contributed by atoms with Crippen LogP contribution in [0.4, 0.5) is 0 Å². The molecule has 1 atom stereocenters. The molecule has 1 saturated heterocycles. The number of carbonyl (C=O) groups excluding carboxylic acids is 2. The lowest BCUT2D eigenvalue weighted by molar-refractivity contribution is -0.140. The normalized spacial score (nSPS) is 18.0. The maximum atomic E-state index is 13.1. The number of amides is 1. The third-order valence-electron chi connectivity index (χ3n) is 5.92. The van der Waals surface area contributed by atoms with Crippen molar-refractivity contribution in [1.82, 2.24) is 9.80 Å². The lowest BCUT2D eigenvalue weighted by atomic mass is 9.98. The summed E-state index contributed by atoms with van der Waals surface area (Å²) in [5.41, 5.74) is 1.52. The molecule has 0 spiro atoms. The van der Waals surface area contributed by atoms with Gasteiger partial charge in [0.15, 0.2) is 0 Å². The first-order valence-electron chi connectivity index (χ1n) is 11.6. The van der Waals surface area contributed by atoms with E-state index in [0.717, 1.165) is 29.3 Å². The number of ketones is 1. The summed E-state index contributed by atoms with van der Waals surface area (Å²) in [6.45, 7) is 13.7. The van der Waals surface area contributed by atoms with Crippen LogP contribution in [0, 0.1) is 12.8 Å². The number of hydrogen-bond donors (Lipinski definition) is 1. The van der Waals surface area contributed by atoms with Gasteiger partial charge in [-0.1, -0.05) is 33.8 Å². The van der Waals surface area contributed by atoms with Gasteiger partial charge < -0.3 is 19.6 Å². The highest BCUT2D eigenvalue weighted by atomic mass is 32.1. The van der Waals surface area contributed by atoms with Crippen LogP contribution in [0.1, 0.15) is 49.7 Å². The third-order valence-corrected chi connectivity index (χ3v) is 6.85. The van der Waals surface area contributed by atoms with Crippen molar-refractivity contribution in [2.75, 3.05) is 32.8 Å². The number of rotatable bonds is 10. The third kappa shape index (κ3) is 5.47. The Hall–Kier alpha value is -2.64. The molecular weight excluding hydrogens is 436 g/mol. The number of aryl methyl sites for hydroxylation is 1. The minimum atomic E-state index is -0.636. The van der Waals surface area contributed by atoms with Gasteiger partial charge in [0.25, 0.3) is 11.7 Å². The Morgan fingerprint density at radius 3 is 2.52 bits per heavy atom. The van der Waals surface area contributed by atoms with Crippen molar-refractivity contribution in [3.8, 4) is 5.75 Å². The van der Waals surface area contributed by atoms with E-state index in [1.165, 1.54) is 11.3 Å². The fourth-order valence-corrected chi connectivity index (χ4v) is 4.86. The van der Waals surface area contributed by atoms with E-state index in [1.807, 2.05) is 30.5 Å². The van der Waals surface area contributed by atoms with Crippen LogP contribution in [0.3, 0.4) is 0 Å². The largest absolute Gasteiger partial charge is 0.507 e. The minimum absolute atomic E-state index is 0.143. The van der Waals surface area contributed by atoms with E-state index in [2.05, 4.69) is 32.6 Å². The van der Waals surface area contributed by atoms with E-state index in [9.17, 15) is 14.7 Å². The fraction of sp³-hybridized carbons (Fsp3) is 0.462. The summed E-state index contributed by atoms with van der Waals surface area (Å²) < 4.78 is 5.84. The van der Waals surface area contributed by atoms with Crippen LogP contribution in [0.2, 0.25) is 0 Å². The molecule has 33 heavy (non-hydrogen) atoms. The Bertz CT molecular complexity index is 1010. The monoisotopic (exact) mass is 470 g/mol. The summed E-state index contributed by atoms with van der Waals surface area (Å²) in [4.78, 5) is 30.8. The molecular formula is C26H34N2O4S. The SMILES string of the molecule is CCN(CC)CCN1C(=O)C(=O)C(=C(O)c2ccc(OCC(C)C)c(C)c2)[C@@H]1c1cccs1. The molecule has 1 aliphatic rings. The zero-order chi connectivity index (χ0) is 24.1. The Balaban J connectivity index is 1.99. The van der Waals surface area contributed by atoms with Gasteiger partial charge in [0.05, 0.1) is 18.2 Å². The van der Waals surface area contributed by atoms with E-state index < -0.39 is 17.7 Å². The van der Waals surface area contributed by atoms with Crippen molar-refractivity contribution in [3.05, 3.63) is 57.3 Å². The maximum Gasteiger partial charge on any atom is 0.295 e. The zero-order valence-electron chi connectivity index (χ0n) is 20.1. The topological polar surface area (TPSA) is 70.1 Å². The number of Topliss-reactive ketones (excluding diaryl/α,β-unsaturated/α-hetero) is 1. The van der Waals surface area contributed by atoms with E-state index in [1.54, 1.807) is 17.0 Å². The van der Waals surface area contributed by atoms with Gasteiger partial charge in [-0.3, -0.25) is 9.59 Å². The van der Waals surface area contributed by atoms with Crippen LogP contribution in [0.25, 0.3) is 5.76 Å². The molecule has 0 radical (unpaired) electrons. The number of aliphatic hydroxyl groups excluding tert-OH is 1. The number of benzene rings is 1. The molecule has 6 nitrogen and oxygen atoms in total. The number of likely N-dealkylation sites (tertiary alicyclic amines) is 1. The number of nitrogens with zero attached hydrogens (tertiary/aromatic N) is 2. The van der Waals surface area contributed by atoms with E-state index >= 15 is 0 Å². The highest BCUT2D eigenvalue weighted by Gasteiger charge is 2.46. The lowest BCUT2D eigenvalue weighted by Gasteiger charge is -2.27. The summed E-state index contributed by atoms with van der Waals surface area (Å²) in [6, 6.07) is 8.58. The van der Waals surface area contributed by atoms with Crippen molar-refractivity contribution < 1.29 is 19.4 Å². The van der Waals surface area contributed by atoms with Crippen molar-refractivity contribution in [1.29, 1.82) is 0 Å². The highest BCUT2D eigenvalue weighted by molar-refractivity contribution is 7.10. The first-order chi connectivity index (χ1) is 15.8. The number of aliphatic hydroxyl groups is 1. The van der Waals surface area contributed by atoms with Gasteiger partial charge >= 0.3 is 0 Å². The zero-order valence-corrected chi connectivity index (χ0v) is 20.9. The molecule has 7 heteroatoms. The average molecular weight is 471 g/mol. The first-order valence-corrected chi connectivity index (χ1v) is 12.4. The number of hydrogen-bond acceptors (Lipinski definition) is 6. The standard InChI is InChI=1S/C26H34N2O4S/c1-6-27(7-2)12-13-28-23(21-9-8-14-33-21)22(25(30)26(28)31)24(29)19-10-11-20(18(5)15-19)32-16-17(3)4/h8-11,14-15,17,23,29H,6-7,12-13,16H2,1-5H3/t23-/m0/s1. The molecule has 3 rings (SSSR count). The quantitative estimate of drug-likeness (QED) is 0.305. The van der Waals surface area contributed by atoms with Crippen LogP contribution in [0.5, 0.6) is 5.75 Å². The van der Waals surface area contributed by atoms with Gasteiger partial charge in [0.2, 0.25) is 0 Å². The van der Waals surface area contributed by atoms with Gasteiger partial charge in [-0.05, 0) is 61.1 Å². The van der Waals surface area contributed by atoms with Crippen molar-refractivity contribution in [2.24, 2.45) is 5.92 Å². The van der Waals surface area contributed by atoms with Gasteiger partial charge in [0.1, 0.15) is 11.5 Å². The minimum Gasteiger partial charge on any atom is -0.507 e. The predicted octanol–water partition coefficient (Wildman–Crippen LogP) is 4.85. The van der Waals surface area contributed by atoms with Gasteiger partial charge in [-0.25, -0.2) is 0 Å². The first kappa shape index (κ1) is 25.0. The second-order valence-electron chi connectivity index (χ2n) is 8.72. The molecule has 2 aromatic rings. The fourth-order valence-electron chi connectivity index (χ4n) is 4.01. The van der Waals surface area contributed by atoms with E-state index in [4.69, 9.17) is 4.74 Å². The number of ether oxygens (including phenoxy) is 1. The summed E-state index contributed by atoms with van der Waals surface area (Å²) in [6.07, 6.45) is 0. The number of likely N-dealkylation sites (N-methyl/N-ethyl adjacent to an activating group) is 1. The Morgan fingerprint density at radius 2 is 1.94 bits per heavy atom. The predicted molar refractivity (Wildman–Crippen MR) is 133 cm³/mol. The number of carbonyl (C=O) groups is 2. The summed E-state index contributed by atoms with van der Waals surface area (Å²) >= 11 is 1.48. The molecule has 0 unspecified atom stereocenters. The molecule has 178 valence electrons. The van der Waals surface area contributed by atoms with Crippen LogP contribution in [-0.4, -0.2) is 59.4 Å². The molecule has 2 heterocycles. The van der Waals surface area contributed by atoms with Crippen LogP contribution < -0.4 is 4.74 Å². The second-order valence-corrected chi connectivity index (χ2v) is 9.70. The summed E-state index contributed by atoms with van der Waals surface area (Å²) in [5.74, 6) is -0.195. The highest BCUT2D eigenvalue weighted by Crippen LogP contribution is 2.41. The lowest BCUT2D eigenvalue weighted by Crippen LogP contribution is -2.37. The molecule has 0 saturated carbocycles. The Labute approximate surface area is 200 Å². The molecule has 0 aliphatic carbocycles. The van der Waals surface area contributed by atoms with E-state index in [0.29, 0.717) is 31.2 Å². The smallest absolute Gasteiger partial charge is 0.295 e. The Kier molecular flexibility index (Phi) is 8.32. The molecule has 1 fully saturated rings. The number of thiophene rings is 1. The van der Waals surface area contributed by atoms with Gasteiger partial charge in [-0.15, -0.1) is 11.3 Å². The molecule has 0 bridgehead atoms. The molecule has 1 aromatic heterocycles. The summed E-state index contributed by atoms with van der Waals surface area (Å²) in [7, 11) is 0. The van der Waals surface area contributed by atoms with Crippen molar-refractivity contribution in [3.63, 3.8) is 0 Å². The Morgan fingerprint density at radius 1 is 1.21 bits per heavy atom. The maximum absolute atomic E-state index is 13.1. The van der Waals surface area contributed by atoms with Crippen molar-refractivity contribution in [2.45, 2.75) is 40.7 Å². The molecule has 1 aliphatic heterocycles. The van der Waals surface area contributed by atoms with Gasteiger partial charge in [-0.2, -0.15) is 0 Å². The molecule has 1 amide bonds. The summed E-state index contributed by atoms with van der Waals surface area (Å²) in [5, 5.41) is 13.2. The van der Waals surface area contributed by atoms with Crippen LogP contribution in [-0.2, 0) is 9.59 Å². The van der Waals surface area contributed by atoms with Crippen LogP contribution >= 0.6 is 11.3 Å². The average Bonchev–Trinajstić information content (AvgIpc) is 3.40. The molecule has 1 N–H and O–H groups in total. The second kappa shape index (κ2) is 11.0. The van der Waals surface area contributed by atoms with Crippen LogP contribution in [0.15, 0.2) is 41.3 Å². The van der Waals surface area contributed by atoms with Crippen molar-refractivity contribution >= 4 is 28.8 Å². The molecule has 1 aromatic carbocycles.